The second-order valence-electron chi connectivity index (χ2n) is 6.84. The Morgan fingerprint density at radius 3 is 2.71 bits per heavy atom. The summed E-state index contributed by atoms with van der Waals surface area (Å²) < 4.78 is 5.63. The number of nitrogens with zero attached hydrogens (tertiary/aromatic N) is 1. The molecule has 7 heteroatoms. The predicted octanol–water partition coefficient (Wildman–Crippen LogP) is 2.05. The van der Waals surface area contributed by atoms with Gasteiger partial charge in [-0.25, -0.2) is 0 Å². The van der Waals surface area contributed by atoms with E-state index < -0.39 is 15.9 Å². The van der Waals surface area contributed by atoms with Crippen molar-refractivity contribution in [1.82, 2.24) is 5.32 Å². The molecule has 0 saturated heterocycles. The number of ether oxygens (including phenoxy) is 1. The third-order valence-electron chi connectivity index (χ3n) is 5.29. The predicted molar refractivity (Wildman–Crippen MR) is 90.4 cm³/mol. The Hall–Kier alpha value is -1.99. The second kappa shape index (κ2) is 6.49. The summed E-state index contributed by atoms with van der Waals surface area (Å²) in [6.07, 6.45) is 0.422. The van der Waals surface area contributed by atoms with Gasteiger partial charge in [-0.1, -0.05) is 26.0 Å². The van der Waals surface area contributed by atoms with Crippen molar-refractivity contribution >= 4 is 11.6 Å². The zero-order chi connectivity index (χ0) is 18.1. The fourth-order valence-corrected chi connectivity index (χ4v) is 3.21. The summed E-state index contributed by atoms with van der Waals surface area (Å²) in [4.78, 5) is 23.2. The van der Waals surface area contributed by atoms with Gasteiger partial charge in [-0.15, -0.1) is 0 Å². The number of amides is 1. The highest BCUT2D eigenvalue weighted by atomic mass is 16.6. The van der Waals surface area contributed by atoms with E-state index >= 15 is 0 Å². The Labute approximate surface area is 141 Å². The van der Waals surface area contributed by atoms with Crippen molar-refractivity contribution in [1.29, 1.82) is 0 Å². The number of nitrogens with two attached hydrogens (primary N) is 1. The van der Waals surface area contributed by atoms with Gasteiger partial charge in [-0.05, 0) is 19.4 Å². The molecule has 1 aromatic rings. The van der Waals surface area contributed by atoms with E-state index in [2.05, 4.69) is 5.32 Å². The Morgan fingerprint density at radius 1 is 1.50 bits per heavy atom. The fourth-order valence-electron chi connectivity index (χ4n) is 3.21. The highest BCUT2D eigenvalue weighted by Gasteiger charge is 2.62. The molecular weight excluding hydrogens is 310 g/mol. The summed E-state index contributed by atoms with van der Waals surface area (Å²) >= 11 is 0. The first kappa shape index (κ1) is 18.4. The number of carbonyl (C=O) groups is 1. The van der Waals surface area contributed by atoms with Crippen molar-refractivity contribution in [2.45, 2.75) is 52.3 Å². The molecule has 0 heterocycles. The van der Waals surface area contributed by atoms with Crippen LogP contribution in [0.5, 0.6) is 0 Å². The van der Waals surface area contributed by atoms with Crippen LogP contribution in [-0.4, -0.2) is 29.1 Å². The van der Waals surface area contributed by atoms with Crippen LogP contribution < -0.4 is 11.1 Å². The zero-order valence-corrected chi connectivity index (χ0v) is 14.6. The standard InChI is InChI=1S/C17H25N3O4/c1-5-24-14-9-17(18,16(14,3)4)15(21)19-10-12-7-6-8-13(11(12)2)20(22)23/h6-8,14H,5,9-10,18H2,1-4H3,(H,19,21). The molecule has 132 valence electrons. The van der Waals surface area contributed by atoms with E-state index in [0.717, 1.165) is 0 Å². The summed E-state index contributed by atoms with van der Waals surface area (Å²) in [5.74, 6) is -0.255. The maximum Gasteiger partial charge on any atom is 0.272 e. The van der Waals surface area contributed by atoms with Gasteiger partial charge in [0.25, 0.3) is 5.69 Å². The molecule has 1 aromatic carbocycles. The Bertz CT molecular complexity index is 659. The first-order chi connectivity index (χ1) is 11.1. The van der Waals surface area contributed by atoms with E-state index in [1.54, 1.807) is 19.1 Å². The lowest BCUT2D eigenvalue weighted by atomic mass is 9.54. The quantitative estimate of drug-likeness (QED) is 0.611. The molecule has 0 aromatic heterocycles. The molecule has 1 aliphatic rings. The summed E-state index contributed by atoms with van der Waals surface area (Å²) in [6.45, 7) is 8.23. The number of hydrogen-bond acceptors (Lipinski definition) is 5. The number of rotatable bonds is 6. The molecule has 3 N–H and O–H groups in total. The lowest BCUT2D eigenvalue weighted by molar-refractivity contribution is -0.385. The molecule has 2 rings (SSSR count). The molecule has 24 heavy (non-hydrogen) atoms. The van der Waals surface area contributed by atoms with Gasteiger partial charge in [0.15, 0.2) is 0 Å². The van der Waals surface area contributed by atoms with Crippen LogP contribution in [-0.2, 0) is 16.1 Å². The van der Waals surface area contributed by atoms with Gasteiger partial charge in [0, 0.05) is 36.6 Å². The minimum absolute atomic E-state index is 0.0437. The maximum atomic E-state index is 12.6. The van der Waals surface area contributed by atoms with Crippen molar-refractivity contribution in [2.75, 3.05) is 6.61 Å². The van der Waals surface area contributed by atoms with Crippen LogP contribution in [0.25, 0.3) is 0 Å². The van der Waals surface area contributed by atoms with Gasteiger partial charge >= 0.3 is 0 Å². The molecule has 0 radical (unpaired) electrons. The minimum atomic E-state index is -0.999. The van der Waals surface area contributed by atoms with E-state index in [-0.39, 0.29) is 24.2 Å². The van der Waals surface area contributed by atoms with Crippen molar-refractivity contribution in [3.63, 3.8) is 0 Å². The number of nitro benzene ring substituents is 1. The Kier molecular flexibility index (Phi) is 4.96. The van der Waals surface area contributed by atoms with Crippen LogP contribution in [0.1, 0.15) is 38.3 Å². The third-order valence-corrected chi connectivity index (χ3v) is 5.29. The maximum absolute atomic E-state index is 12.6. The van der Waals surface area contributed by atoms with Crippen LogP contribution in [0.2, 0.25) is 0 Å². The van der Waals surface area contributed by atoms with Crippen molar-refractivity contribution in [3.8, 4) is 0 Å². The molecule has 1 amide bonds. The minimum Gasteiger partial charge on any atom is -0.378 e. The zero-order valence-electron chi connectivity index (χ0n) is 14.6. The summed E-state index contributed by atoms with van der Waals surface area (Å²) in [6, 6.07) is 4.83. The molecule has 1 aliphatic carbocycles. The van der Waals surface area contributed by atoms with Gasteiger partial charge in [0.05, 0.1) is 11.0 Å². The van der Waals surface area contributed by atoms with Crippen LogP contribution in [0.3, 0.4) is 0 Å². The van der Waals surface area contributed by atoms with Gasteiger partial charge in [0.1, 0.15) is 5.54 Å². The van der Waals surface area contributed by atoms with E-state index in [1.165, 1.54) is 6.07 Å². The Morgan fingerprint density at radius 2 is 2.17 bits per heavy atom. The molecule has 0 bridgehead atoms. The second-order valence-corrected chi connectivity index (χ2v) is 6.84. The van der Waals surface area contributed by atoms with Gasteiger partial charge in [-0.3, -0.25) is 14.9 Å². The number of nitrogens with one attached hydrogen (secondary N) is 1. The molecule has 0 aliphatic heterocycles. The first-order valence-corrected chi connectivity index (χ1v) is 8.06. The van der Waals surface area contributed by atoms with Crippen molar-refractivity contribution in [2.24, 2.45) is 11.1 Å². The largest absolute Gasteiger partial charge is 0.378 e. The monoisotopic (exact) mass is 335 g/mol. The van der Waals surface area contributed by atoms with Gasteiger partial charge < -0.3 is 15.8 Å². The summed E-state index contributed by atoms with van der Waals surface area (Å²) in [7, 11) is 0. The highest BCUT2D eigenvalue weighted by molar-refractivity contribution is 5.88. The number of benzene rings is 1. The van der Waals surface area contributed by atoms with E-state index in [0.29, 0.717) is 24.2 Å². The fraction of sp³-hybridized carbons (Fsp3) is 0.588. The lowest BCUT2D eigenvalue weighted by Crippen LogP contribution is -2.75. The molecule has 2 unspecified atom stereocenters. The third kappa shape index (κ3) is 2.89. The smallest absolute Gasteiger partial charge is 0.272 e. The van der Waals surface area contributed by atoms with Gasteiger partial charge in [0.2, 0.25) is 5.91 Å². The Balaban J connectivity index is 2.07. The van der Waals surface area contributed by atoms with Gasteiger partial charge in [-0.2, -0.15) is 0 Å². The van der Waals surface area contributed by atoms with Crippen LogP contribution in [0, 0.1) is 22.5 Å². The van der Waals surface area contributed by atoms with E-state index in [4.69, 9.17) is 10.5 Å². The molecular formula is C17H25N3O4. The lowest BCUT2D eigenvalue weighted by Gasteiger charge is -2.57. The van der Waals surface area contributed by atoms with E-state index in [9.17, 15) is 14.9 Å². The van der Waals surface area contributed by atoms with E-state index in [1.807, 2.05) is 20.8 Å². The number of carbonyl (C=O) groups excluding carboxylic acids is 1. The average Bonchev–Trinajstić information content (AvgIpc) is 2.52. The normalized spacial score (nSPS) is 25.0. The molecule has 0 spiro atoms. The average molecular weight is 335 g/mol. The van der Waals surface area contributed by atoms with Crippen molar-refractivity contribution in [3.05, 3.63) is 39.4 Å². The van der Waals surface area contributed by atoms with Crippen LogP contribution in [0.15, 0.2) is 18.2 Å². The van der Waals surface area contributed by atoms with Crippen LogP contribution in [0.4, 0.5) is 5.69 Å². The molecule has 1 fully saturated rings. The first-order valence-electron chi connectivity index (χ1n) is 8.06. The number of hydrogen-bond donors (Lipinski definition) is 2. The molecule has 2 atom stereocenters. The highest BCUT2D eigenvalue weighted by Crippen LogP contribution is 2.49. The SMILES string of the molecule is CCOC1CC(N)(C(=O)NCc2cccc([N+](=O)[O-])c2C)C1(C)C. The van der Waals surface area contributed by atoms with Crippen molar-refractivity contribution < 1.29 is 14.5 Å². The molecule has 7 nitrogen and oxygen atoms in total. The number of nitro groups is 1. The molecule has 1 saturated carbocycles. The summed E-state index contributed by atoms with van der Waals surface area (Å²) in [5.41, 5.74) is 6.16. The summed E-state index contributed by atoms with van der Waals surface area (Å²) in [5, 5.41) is 13.8. The van der Waals surface area contributed by atoms with Crippen LogP contribution >= 0.6 is 0 Å². The topological polar surface area (TPSA) is 107 Å².